The molecule has 3 atom stereocenters. The van der Waals surface area contributed by atoms with E-state index in [2.05, 4.69) is 0 Å². The normalized spacial score (nSPS) is 43.2. The summed E-state index contributed by atoms with van der Waals surface area (Å²) in [6.45, 7) is 0. The molecule has 2 fully saturated rings. The summed E-state index contributed by atoms with van der Waals surface area (Å²) in [6.07, 6.45) is 3.68. The Morgan fingerprint density at radius 3 is 3.00 bits per heavy atom. The van der Waals surface area contributed by atoms with Crippen molar-refractivity contribution < 1.29 is 14.3 Å². The average molecular weight is 185 g/mol. The standard InChI is InChI=1S/C9H15NO3/c1-12-8(11)9(10)5-4-6-2-3-7(9)13-6/h6-7H,2-5,10H2,1H3. The molecule has 2 rings (SSSR count). The van der Waals surface area contributed by atoms with Gasteiger partial charge in [0.15, 0.2) is 0 Å². The molecule has 0 aromatic rings. The lowest BCUT2D eigenvalue weighted by Crippen LogP contribution is -2.59. The smallest absolute Gasteiger partial charge is 0.328 e. The highest BCUT2D eigenvalue weighted by Gasteiger charge is 2.51. The van der Waals surface area contributed by atoms with Crippen molar-refractivity contribution >= 4 is 5.97 Å². The zero-order valence-corrected chi connectivity index (χ0v) is 7.79. The summed E-state index contributed by atoms with van der Waals surface area (Å²) in [7, 11) is 1.37. The van der Waals surface area contributed by atoms with Gasteiger partial charge in [0.05, 0.1) is 19.3 Å². The third-order valence-electron chi connectivity index (χ3n) is 3.13. The van der Waals surface area contributed by atoms with Crippen LogP contribution in [0.25, 0.3) is 0 Å². The molecule has 0 aromatic carbocycles. The van der Waals surface area contributed by atoms with Crippen molar-refractivity contribution in [3.05, 3.63) is 0 Å². The molecular formula is C9H15NO3. The summed E-state index contributed by atoms with van der Waals surface area (Å²) in [5.41, 5.74) is 5.11. The van der Waals surface area contributed by atoms with Crippen LogP contribution >= 0.6 is 0 Å². The Kier molecular flexibility index (Phi) is 2.04. The summed E-state index contributed by atoms with van der Waals surface area (Å²) >= 11 is 0. The molecule has 2 aliphatic rings. The van der Waals surface area contributed by atoms with Crippen LogP contribution in [0.2, 0.25) is 0 Å². The van der Waals surface area contributed by atoms with Crippen LogP contribution in [0.15, 0.2) is 0 Å². The van der Waals surface area contributed by atoms with E-state index in [0.29, 0.717) is 12.5 Å². The zero-order valence-electron chi connectivity index (χ0n) is 7.79. The molecule has 2 saturated heterocycles. The molecular weight excluding hydrogens is 170 g/mol. The lowest BCUT2D eigenvalue weighted by molar-refractivity contribution is -0.158. The maximum atomic E-state index is 11.4. The van der Waals surface area contributed by atoms with Gasteiger partial charge in [-0.05, 0) is 25.7 Å². The van der Waals surface area contributed by atoms with E-state index < -0.39 is 5.54 Å². The maximum absolute atomic E-state index is 11.4. The first-order valence-corrected chi connectivity index (χ1v) is 4.69. The molecule has 0 saturated carbocycles. The molecule has 0 radical (unpaired) electrons. The van der Waals surface area contributed by atoms with Gasteiger partial charge in [-0.2, -0.15) is 0 Å². The predicted molar refractivity (Wildman–Crippen MR) is 46.1 cm³/mol. The number of hydrogen-bond donors (Lipinski definition) is 1. The minimum atomic E-state index is -0.887. The van der Waals surface area contributed by atoms with Gasteiger partial charge in [0.2, 0.25) is 0 Å². The number of methoxy groups -OCH3 is 1. The van der Waals surface area contributed by atoms with Crippen LogP contribution in [0.4, 0.5) is 0 Å². The first-order chi connectivity index (χ1) is 6.16. The molecule has 0 aliphatic carbocycles. The lowest BCUT2D eigenvalue weighted by atomic mass is 9.87. The first kappa shape index (κ1) is 8.97. The second-order valence-corrected chi connectivity index (χ2v) is 3.89. The van der Waals surface area contributed by atoms with Crippen molar-refractivity contribution in [1.82, 2.24) is 0 Å². The minimum absolute atomic E-state index is 0.126. The van der Waals surface area contributed by atoms with E-state index in [4.69, 9.17) is 15.2 Å². The number of nitrogens with two attached hydrogens (primary N) is 1. The van der Waals surface area contributed by atoms with E-state index in [9.17, 15) is 4.79 Å². The van der Waals surface area contributed by atoms with Crippen molar-refractivity contribution in [2.24, 2.45) is 5.73 Å². The number of fused-ring (bicyclic) bond motifs is 2. The Morgan fingerprint density at radius 2 is 2.31 bits per heavy atom. The molecule has 74 valence electrons. The fourth-order valence-corrected chi connectivity index (χ4v) is 2.28. The van der Waals surface area contributed by atoms with E-state index >= 15 is 0 Å². The van der Waals surface area contributed by atoms with Crippen LogP contribution in [-0.4, -0.2) is 30.8 Å². The van der Waals surface area contributed by atoms with E-state index in [1.54, 1.807) is 0 Å². The van der Waals surface area contributed by atoms with Crippen molar-refractivity contribution in [1.29, 1.82) is 0 Å². The van der Waals surface area contributed by atoms with E-state index in [0.717, 1.165) is 19.3 Å². The second-order valence-electron chi connectivity index (χ2n) is 3.89. The number of esters is 1. The monoisotopic (exact) mass is 185 g/mol. The van der Waals surface area contributed by atoms with Crippen molar-refractivity contribution in [2.75, 3.05) is 7.11 Å². The van der Waals surface area contributed by atoms with Crippen LogP contribution < -0.4 is 5.73 Å². The Labute approximate surface area is 77.4 Å². The Balaban J connectivity index is 2.17. The van der Waals surface area contributed by atoms with Gasteiger partial charge in [0.1, 0.15) is 5.54 Å². The van der Waals surface area contributed by atoms with Crippen LogP contribution in [0.3, 0.4) is 0 Å². The summed E-state index contributed by atoms with van der Waals surface area (Å²) < 4.78 is 10.3. The third-order valence-corrected chi connectivity index (χ3v) is 3.13. The Morgan fingerprint density at radius 1 is 1.54 bits per heavy atom. The van der Waals surface area contributed by atoms with Gasteiger partial charge in [-0.3, -0.25) is 0 Å². The van der Waals surface area contributed by atoms with Gasteiger partial charge in [-0.15, -0.1) is 0 Å². The fourth-order valence-electron chi connectivity index (χ4n) is 2.28. The van der Waals surface area contributed by atoms with Crippen molar-refractivity contribution in [3.63, 3.8) is 0 Å². The number of carbonyl (C=O) groups is 1. The SMILES string of the molecule is COC(=O)C1(N)CCC2CCC1O2. The van der Waals surface area contributed by atoms with Gasteiger partial charge < -0.3 is 15.2 Å². The highest BCUT2D eigenvalue weighted by molar-refractivity contribution is 5.81. The molecule has 4 heteroatoms. The number of hydrogen-bond acceptors (Lipinski definition) is 4. The van der Waals surface area contributed by atoms with Gasteiger partial charge in [-0.25, -0.2) is 4.79 Å². The number of ether oxygens (including phenoxy) is 2. The summed E-state index contributed by atoms with van der Waals surface area (Å²) in [5, 5.41) is 0. The van der Waals surface area contributed by atoms with Crippen LogP contribution in [0, 0.1) is 0 Å². The molecule has 0 spiro atoms. The predicted octanol–water partition coefficient (Wildman–Crippen LogP) is 0.198. The van der Waals surface area contributed by atoms with E-state index in [-0.39, 0.29) is 12.1 Å². The summed E-state index contributed by atoms with van der Waals surface area (Å²) in [5.74, 6) is -0.335. The Bertz CT molecular complexity index is 231. The second kappa shape index (κ2) is 2.96. The number of carbonyl (C=O) groups excluding carboxylic acids is 1. The van der Waals surface area contributed by atoms with E-state index in [1.165, 1.54) is 7.11 Å². The quantitative estimate of drug-likeness (QED) is 0.593. The largest absolute Gasteiger partial charge is 0.468 e. The molecule has 3 unspecified atom stereocenters. The van der Waals surface area contributed by atoms with Gasteiger partial charge in [0.25, 0.3) is 0 Å². The highest BCUT2D eigenvalue weighted by atomic mass is 16.5. The molecule has 2 N–H and O–H groups in total. The third kappa shape index (κ3) is 1.25. The molecule has 2 bridgehead atoms. The van der Waals surface area contributed by atoms with Crippen molar-refractivity contribution in [3.8, 4) is 0 Å². The molecule has 0 amide bonds. The van der Waals surface area contributed by atoms with Gasteiger partial charge >= 0.3 is 5.97 Å². The lowest BCUT2D eigenvalue weighted by Gasteiger charge is -2.36. The zero-order chi connectivity index (χ0) is 9.47. The topological polar surface area (TPSA) is 61.5 Å². The molecule has 0 aromatic heterocycles. The summed E-state index contributed by atoms with van der Waals surface area (Å²) in [4.78, 5) is 11.4. The fraction of sp³-hybridized carbons (Fsp3) is 0.889. The molecule has 2 aliphatic heterocycles. The molecule has 13 heavy (non-hydrogen) atoms. The molecule has 4 nitrogen and oxygen atoms in total. The summed E-state index contributed by atoms with van der Waals surface area (Å²) in [6, 6.07) is 0. The van der Waals surface area contributed by atoms with Crippen LogP contribution in [-0.2, 0) is 14.3 Å². The van der Waals surface area contributed by atoms with Crippen LogP contribution in [0.1, 0.15) is 25.7 Å². The molecule has 2 heterocycles. The highest BCUT2D eigenvalue weighted by Crippen LogP contribution is 2.38. The van der Waals surface area contributed by atoms with Gasteiger partial charge in [-0.1, -0.05) is 0 Å². The van der Waals surface area contributed by atoms with Crippen LogP contribution in [0.5, 0.6) is 0 Å². The van der Waals surface area contributed by atoms with Gasteiger partial charge in [0, 0.05) is 0 Å². The minimum Gasteiger partial charge on any atom is -0.468 e. The average Bonchev–Trinajstić information content (AvgIpc) is 2.56. The van der Waals surface area contributed by atoms with Crippen molar-refractivity contribution in [2.45, 2.75) is 43.4 Å². The maximum Gasteiger partial charge on any atom is 0.328 e. The Hall–Kier alpha value is -0.610. The number of rotatable bonds is 1. The first-order valence-electron chi connectivity index (χ1n) is 4.69. The van der Waals surface area contributed by atoms with E-state index in [1.807, 2.05) is 0 Å².